The van der Waals surface area contributed by atoms with Crippen LogP contribution in [0.25, 0.3) is 43.1 Å². The minimum absolute atomic E-state index is 0. The molecular formula is C37H42Cl3N3. The van der Waals surface area contributed by atoms with Crippen molar-refractivity contribution in [1.82, 2.24) is 16.0 Å². The maximum absolute atomic E-state index is 3.71. The van der Waals surface area contributed by atoms with Gasteiger partial charge in [0, 0.05) is 13.1 Å². The molecule has 0 spiro atoms. The van der Waals surface area contributed by atoms with Crippen LogP contribution in [-0.2, 0) is 13.1 Å². The summed E-state index contributed by atoms with van der Waals surface area (Å²) < 4.78 is 0. The molecule has 3 nitrogen and oxygen atoms in total. The van der Waals surface area contributed by atoms with E-state index in [0.717, 1.165) is 45.7 Å². The van der Waals surface area contributed by atoms with Crippen LogP contribution in [-0.4, -0.2) is 26.2 Å². The fourth-order valence-electron chi connectivity index (χ4n) is 5.99. The van der Waals surface area contributed by atoms with Gasteiger partial charge in [-0.1, -0.05) is 97.1 Å². The lowest BCUT2D eigenvalue weighted by Gasteiger charge is -2.13. The Bertz CT molecular complexity index is 1500. The summed E-state index contributed by atoms with van der Waals surface area (Å²) in [5.41, 5.74) is 2.82. The Labute approximate surface area is 274 Å². The van der Waals surface area contributed by atoms with Gasteiger partial charge in [0.15, 0.2) is 0 Å². The average molecular weight is 635 g/mol. The van der Waals surface area contributed by atoms with Crippen LogP contribution < -0.4 is 16.0 Å². The van der Waals surface area contributed by atoms with Crippen LogP contribution in [0.15, 0.2) is 109 Å². The van der Waals surface area contributed by atoms with Gasteiger partial charge in [-0.05, 0) is 112 Å². The smallest absolute Gasteiger partial charge is 0.0217 e. The lowest BCUT2D eigenvalue weighted by atomic mass is 9.97. The molecule has 6 heteroatoms. The summed E-state index contributed by atoms with van der Waals surface area (Å²) in [6.45, 7) is 6.00. The molecule has 0 amide bonds. The van der Waals surface area contributed by atoms with E-state index in [0.29, 0.717) is 0 Å². The van der Waals surface area contributed by atoms with Gasteiger partial charge in [0.2, 0.25) is 0 Å². The summed E-state index contributed by atoms with van der Waals surface area (Å²) in [6, 6.07) is 39.6. The molecule has 0 aliphatic rings. The number of fused-ring (bicyclic) bond motifs is 4. The first kappa shape index (κ1) is 34.6. The Morgan fingerprint density at radius 3 is 1.05 bits per heavy atom. The molecule has 6 aromatic rings. The lowest BCUT2D eigenvalue weighted by molar-refractivity contribution is 0.560. The largest absolute Gasteiger partial charge is 0.317 e. The summed E-state index contributed by atoms with van der Waals surface area (Å²) in [4.78, 5) is 0. The van der Waals surface area contributed by atoms with E-state index in [4.69, 9.17) is 0 Å². The Balaban J connectivity index is 0.00000169. The minimum atomic E-state index is 0. The van der Waals surface area contributed by atoms with Crippen LogP contribution in [0.1, 0.15) is 30.4 Å². The van der Waals surface area contributed by atoms with Gasteiger partial charge < -0.3 is 16.0 Å². The highest BCUT2D eigenvalue weighted by Gasteiger charge is 2.08. The van der Waals surface area contributed by atoms with Gasteiger partial charge in [0.25, 0.3) is 0 Å². The van der Waals surface area contributed by atoms with Crippen LogP contribution in [0.5, 0.6) is 0 Å². The standard InChI is InChI=1S/C37H39N3.3ClH/c1-5-16-32-28(12-1)24-29-13-2-6-17-33(29)36(32)26-39-21-10-9-20-38-22-11-23-40-27-37-34-18-7-3-14-30(34)25-31-15-4-8-19-35(31)37;;;/h1-8,12-19,24-25,38-40H,9-11,20-23,26-27H2;3*1H. The maximum atomic E-state index is 3.71. The zero-order chi connectivity index (χ0) is 27.0. The van der Waals surface area contributed by atoms with E-state index >= 15 is 0 Å². The van der Waals surface area contributed by atoms with E-state index in [-0.39, 0.29) is 37.2 Å². The molecule has 0 aliphatic carbocycles. The molecule has 0 saturated heterocycles. The molecule has 6 rings (SSSR count). The van der Waals surface area contributed by atoms with E-state index in [1.54, 1.807) is 0 Å². The topological polar surface area (TPSA) is 36.1 Å². The van der Waals surface area contributed by atoms with Gasteiger partial charge in [-0.25, -0.2) is 0 Å². The summed E-state index contributed by atoms with van der Waals surface area (Å²) in [6.07, 6.45) is 3.51. The summed E-state index contributed by atoms with van der Waals surface area (Å²) in [5.74, 6) is 0. The van der Waals surface area contributed by atoms with Crippen molar-refractivity contribution in [1.29, 1.82) is 0 Å². The minimum Gasteiger partial charge on any atom is -0.317 e. The highest BCUT2D eigenvalue weighted by atomic mass is 35.5. The number of unbranched alkanes of at least 4 members (excludes halogenated alkanes) is 1. The third-order valence-corrected chi connectivity index (χ3v) is 8.03. The molecule has 43 heavy (non-hydrogen) atoms. The fraction of sp³-hybridized carbons (Fsp3) is 0.243. The fourth-order valence-corrected chi connectivity index (χ4v) is 5.99. The quantitative estimate of drug-likeness (QED) is 0.0876. The molecule has 6 aromatic carbocycles. The van der Waals surface area contributed by atoms with E-state index in [9.17, 15) is 0 Å². The molecule has 0 atom stereocenters. The molecule has 0 bridgehead atoms. The monoisotopic (exact) mass is 633 g/mol. The van der Waals surface area contributed by atoms with Crippen molar-refractivity contribution in [3.8, 4) is 0 Å². The van der Waals surface area contributed by atoms with Gasteiger partial charge >= 0.3 is 0 Å². The molecule has 0 fully saturated rings. The third-order valence-electron chi connectivity index (χ3n) is 8.03. The Kier molecular flexibility index (Phi) is 14.0. The second kappa shape index (κ2) is 17.4. The number of hydrogen-bond acceptors (Lipinski definition) is 3. The van der Waals surface area contributed by atoms with Gasteiger partial charge in [-0.15, -0.1) is 37.2 Å². The van der Waals surface area contributed by atoms with Crippen molar-refractivity contribution in [3.63, 3.8) is 0 Å². The van der Waals surface area contributed by atoms with E-state index in [2.05, 4.69) is 125 Å². The predicted octanol–water partition coefficient (Wildman–Crippen LogP) is 9.20. The van der Waals surface area contributed by atoms with Crippen LogP contribution in [0.3, 0.4) is 0 Å². The van der Waals surface area contributed by atoms with Crippen LogP contribution in [0.4, 0.5) is 0 Å². The highest BCUT2D eigenvalue weighted by molar-refractivity contribution is 6.03. The summed E-state index contributed by atoms with van der Waals surface area (Å²) in [5, 5.41) is 21.7. The van der Waals surface area contributed by atoms with Crippen molar-refractivity contribution >= 4 is 80.3 Å². The Hall–Kier alpha value is -2.89. The van der Waals surface area contributed by atoms with E-state index < -0.39 is 0 Å². The Morgan fingerprint density at radius 2 is 0.651 bits per heavy atom. The molecule has 0 saturated carbocycles. The Morgan fingerprint density at radius 1 is 0.349 bits per heavy atom. The van der Waals surface area contributed by atoms with Crippen molar-refractivity contribution in [2.24, 2.45) is 0 Å². The lowest BCUT2D eigenvalue weighted by Crippen LogP contribution is -2.23. The highest BCUT2D eigenvalue weighted by Crippen LogP contribution is 2.29. The second-order valence-electron chi connectivity index (χ2n) is 10.8. The zero-order valence-corrected chi connectivity index (χ0v) is 26.9. The first-order valence-corrected chi connectivity index (χ1v) is 14.8. The maximum Gasteiger partial charge on any atom is 0.0217 e. The first-order chi connectivity index (χ1) is 19.9. The predicted molar refractivity (Wildman–Crippen MR) is 195 cm³/mol. The number of nitrogens with one attached hydrogen (secondary N) is 3. The zero-order valence-electron chi connectivity index (χ0n) is 24.5. The molecule has 0 unspecified atom stereocenters. The molecule has 0 aromatic heterocycles. The van der Waals surface area contributed by atoms with E-state index in [1.165, 1.54) is 67.1 Å². The van der Waals surface area contributed by atoms with Gasteiger partial charge in [-0.3, -0.25) is 0 Å². The molecule has 0 radical (unpaired) electrons. The van der Waals surface area contributed by atoms with Crippen molar-refractivity contribution < 1.29 is 0 Å². The molecular weight excluding hydrogens is 593 g/mol. The van der Waals surface area contributed by atoms with Crippen LogP contribution in [0.2, 0.25) is 0 Å². The molecule has 0 heterocycles. The van der Waals surface area contributed by atoms with Crippen molar-refractivity contribution in [3.05, 3.63) is 120 Å². The van der Waals surface area contributed by atoms with Crippen molar-refractivity contribution in [2.75, 3.05) is 26.2 Å². The van der Waals surface area contributed by atoms with E-state index in [1.807, 2.05) is 0 Å². The van der Waals surface area contributed by atoms with Crippen molar-refractivity contribution in [2.45, 2.75) is 32.4 Å². The third kappa shape index (κ3) is 8.39. The normalized spacial score (nSPS) is 10.9. The van der Waals surface area contributed by atoms with Crippen LogP contribution in [0, 0.1) is 0 Å². The number of benzene rings is 6. The number of hydrogen-bond donors (Lipinski definition) is 3. The van der Waals surface area contributed by atoms with Gasteiger partial charge in [0.1, 0.15) is 0 Å². The second-order valence-corrected chi connectivity index (χ2v) is 10.8. The van der Waals surface area contributed by atoms with Crippen LogP contribution >= 0.6 is 37.2 Å². The first-order valence-electron chi connectivity index (χ1n) is 14.8. The molecule has 226 valence electrons. The van der Waals surface area contributed by atoms with Gasteiger partial charge in [-0.2, -0.15) is 0 Å². The summed E-state index contributed by atoms with van der Waals surface area (Å²) >= 11 is 0. The number of halogens is 3. The average Bonchev–Trinajstić information content (AvgIpc) is 3.00. The SMILES string of the molecule is Cl.Cl.Cl.c1ccc2c(CNCCCCNCCCNCc3c4ccccc4cc4ccccc34)c3ccccc3cc2c1. The number of rotatable bonds is 13. The summed E-state index contributed by atoms with van der Waals surface area (Å²) in [7, 11) is 0. The molecule has 3 N–H and O–H groups in total. The molecule has 0 aliphatic heterocycles. The van der Waals surface area contributed by atoms with Gasteiger partial charge in [0.05, 0.1) is 0 Å².